The maximum Gasteiger partial charge on any atom is 0.360 e. The Hall–Kier alpha value is -0.350. The summed E-state index contributed by atoms with van der Waals surface area (Å²) in [6.07, 6.45) is 0. The normalized spacial score (nSPS) is 13.0. The maximum atomic E-state index is 11.5. The molecule has 0 heterocycles. The second kappa shape index (κ2) is 8.18. The predicted molar refractivity (Wildman–Crippen MR) is 66.0 cm³/mol. The summed E-state index contributed by atoms with van der Waals surface area (Å²) in [7, 11) is -10.4. The molecule has 0 aliphatic heterocycles. The summed E-state index contributed by atoms with van der Waals surface area (Å²) in [5, 5.41) is 2.32. The van der Waals surface area contributed by atoms with E-state index < -0.39 is 33.2 Å². The van der Waals surface area contributed by atoms with Crippen molar-refractivity contribution >= 4 is 21.1 Å². The van der Waals surface area contributed by atoms with Crippen LogP contribution in [0.3, 0.4) is 0 Å². The summed E-state index contributed by atoms with van der Waals surface area (Å²) in [5.41, 5.74) is -2.60. The number of nitrogens with one attached hydrogen (secondary N) is 1. The highest BCUT2D eigenvalue weighted by Crippen LogP contribution is 2.58. The molecule has 0 atom stereocenters. The van der Waals surface area contributed by atoms with Crippen LogP contribution in [0.2, 0.25) is 0 Å². The van der Waals surface area contributed by atoms with Crippen molar-refractivity contribution in [3.63, 3.8) is 0 Å². The van der Waals surface area contributed by atoms with Crippen LogP contribution in [0.1, 0.15) is 13.8 Å². The zero-order valence-electron chi connectivity index (χ0n) is 10.9. The highest BCUT2D eigenvalue weighted by molar-refractivity contribution is 7.70. The molecule has 0 aromatic rings. The van der Waals surface area contributed by atoms with Crippen LogP contribution in [0.15, 0.2) is 0 Å². The van der Waals surface area contributed by atoms with E-state index in [0.717, 1.165) is 5.23 Å². The van der Waals surface area contributed by atoms with Gasteiger partial charge in [0.1, 0.15) is 6.54 Å². The van der Waals surface area contributed by atoms with Crippen molar-refractivity contribution < 1.29 is 43.2 Å². The van der Waals surface area contributed by atoms with E-state index in [9.17, 15) is 13.9 Å². The molecule has 0 saturated heterocycles. The summed E-state index contributed by atoms with van der Waals surface area (Å²) in [4.78, 5) is 56.6. The van der Waals surface area contributed by atoms with Gasteiger partial charge in [-0.3, -0.25) is 23.6 Å². The molecule has 0 radical (unpaired) electrons. The molecule has 0 rings (SSSR count). The van der Waals surface area contributed by atoms with Crippen LogP contribution in [0, 0.1) is 0 Å². The standard InChI is InChI=1S/C7H18N2O9P2/c1-3-17-9(18-4-2)5-6(10)8-7(19(11,12)13)20(14,15)16/h7H,3-5H2,1-2H3,(H,8,10)(H2,11,12,13)(H2,14,15,16). The average Bonchev–Trinajstić information content (AvgIpc) is 2.23. The van der Waals surface area contributed by atoms with Crippen LogP contribution in [0.4, 0.5) is 0 Å². The molecule has 20 heavy (non-hydrogen) atoms. The smallest absolute Gasteiger partial charge is 0.331 e. The largest absolute Gasteiger partial charge is 0.360 e. The van der Waals surface area contributed by atoms with E-state index in [2.05, 4.69) is 0 Å². The van der Waals surface area contributed by atoms with E-state index in [-0.39, 0.29) is 13.2 Å². The fourth-order valence-electron chi connectivity index (χ4n) is 1.09. The van der Waals surface area contributed by atoms with Crippen molar-refractivity contribution in [2.45, 2.75) is 19.4 Å². The number of amides is 1. The lowest BCUT2D eigenvalue weighted by atomic mass is 10.6. The molecule has 0 aliphatic carbocycles. The fourth-order valence-corrected chi connectivity index (χ4v) is 3.28. The Morgan fingerprint density at radius 2 is 1.50 bits per heavy atom. The predicted octanol–water partition coefficient (Wildman–Crippen LogP) is -1.05. The van der Waals surface area contributed by atoms with Gasteiger partial charge in [-0.15, -0.1) is 0 Å². The average molecular weight is 336 g/mol. The molecule has 11 nitrogen and oxygen atoms in total. The van der Waals surface area contributed by atoms with Gasteiger partial charge >= 0.3 is 15.2 Å². The van der Waals surface area contributed by atoms with Crippen molar-refractivity contribution in [1.29, 1.82) is 0 Å². The SMILES string of the molecule is CCON(CC(=O)NC(P(=O)(O)O)P(=O)(O)O)OCC. The Morgan fingerprint density at radius 3 is 1.80 bits per heavy atom. The van der Waals surface area contributed by atoms with Crippen LogP contribution in [-0.2, 0) is 23.6 Å². The Kier molecular flexibility index (Phi) is 8.04. The number of hydrogen-bond acceptors (Lipinski definition) is 6. The van der Waals surface area contributed by atoms with Gasteiger partial charge in [-0.05, 0) is 13.8 Å². The molecule has 0 aromatic carbocycles. The molecule has 0 unspecified atom stereocenters. The summed E-state index contributed by atoms with van der Waals surface area (Å²) >= 11 is 0. The van der Waals surface area contributed by atoms with Gasteiger partial charge in [0.15, 0.2) is 0 Å². The summed E-state index contributed by atoms with van der Waals surface area (Å²) in [6.45, 7) is 2.93. The zero-order valence-corrected chi connectivity index (χ0v) is 12.7. The first-order valence-corrected chi connectivity index (χ1v) is 8.81. The van der Waals surface area contributed by atoms with E-state index in [1.54, 1.807) is 19.2 Å². The monoisotopic (exact) mass is 336 g/mol. The molecule has 1 amide bonds. The molecule has 0 aliphatic rings. The maximum absolute atomic E-state index is 11.5. The van der Waals surface area contributed by atoms with Gasteiger partial charge in [0.25, 0.3) is 0 Å². The van der Waals surface area contributed by atoms with Crippen LogP contribution >= 0.6 is 15.2 Å². The third-order valence-electron chi connectivity index (χ3n) is 1.75. The summed E-state index contributed by atoms with van der Waals surface area (Å²) in [5.74, 6) is -1.08. The molecule has 13 heteroatoms. The van der Waals surface area contributed by atoms with Gasteiger partial charge in [0.05, 0.1) is 13.2 Å². The zero-order chi connectivity index (χ0) is 16.0. The third kappa shape index (κ3) is 7.44. The molecule has 0 bridgehead atoms. The van der Waals surface area contributed by atoms with Gasteiger partial charge < -0.3 is 24.9 Å². The first-order chi connectivity index (χ1) is 9.02. The Balaban J connectivity index is 4.77. The molecular weight excluding hydrogens is 318 g/mol. The Bertz CT molecular complexity index is 377. The lowest BCUT2D eigenvalue weighted by Crippen LogP contribution is -2.42. The van der Waals surface area contributed by atoms with Gasteiger partial charge in [0.2, 0.25) is 11.4 Å². The van der Waals surface area contributed by atoms with E-state index in [4.69, 9.17) is 29.2 Å². The fraction of sp³-hybridized carbons (Fsp3) is 0.857. The van der Waals surface area contributed by atoms with E-state index in [1.807, 2.05) is 0 Å². The first kappa shape index (κ1) is 19.7. The third-order valence-corrected chi connectivity index (χ3v) is 5.08. The molecule has 0 fully saturated rings. The van der Waals surface area contributed by atoms with Gasteiger partial charge in [-0.2, -0.15) is 0 Å². The second-order valence-electron chi connectivity index (χ2n) is 3.45. The van der Waals surface area contributed by atoms with Crippen LogP contribution in [0.5, 0.6) is 0 Å². The minimum Gasteiger partial charge on any atom is -0.331 e. The minimum atomic E-state index is -5.22. The molecule has 0 aromatic heterocycles. The number of hydrogen-bond donors (Lipinski definition) is 5. The quantitative estimate of drug-likeness (QED) is 0.259. The number of carbonyl (C=O) groups is 1. The van der Waals surface area contributed by atoms with E-state index >= 15 is 0 Å². The molecule has 5 N–H and O–H groups in total. The number of rotatable bonds is 9. The molecule has 0 saturated carbocycles. The van der Waals surface area contributed by atoms with E-state index in [0.29, 0.717) is 0 Å². The van der Waals surface area contributed by atoms with Crippen LogP contribution in [-0.4, -0.2) is 56.0 Å². The number of carbonyl (C=O) groups excluding carboxylic acids is 1. The van der Waals surface area contributed by atoms with Crippen molar-refractivity contribution in [3.05, 3.63) is 0 Å². The van der Waals surface area contributed by atoms with Crippen LogP contribution in [0.25, 0.3) is 0 Å². The second-order valence-corrected chi connectivity index (χ2v) is 7.24. The Labute approximate surface area is 115 Å². The highest BCUT2D eigenvalue weighted by Gasteiger charge is 2.44. The molecule has 0 spiro atoms. The first-order valence-electron chi connectivity index (χ1n) is 5.45. The van der Waals surface area contributed by atoms with Gasteiger partial charge in [-0.1, -0.05) is 5.23 Å². The molecular formula is C7H18N2O9P2. The lowest BCUT2D eigenvalue weighted by molar-refractivity contribution is -0.359. The number of hydroxylamine groups is 2. The van der Waals surface area contributed by atoms with Gasteiger partial charge in [0, 0.05) is 0 Å². The summed E-state index contributed by atoms with van der Waals surface area (Å²) < 4.78 is 21.9. The highest BCUT2D eigenvalue weighted by atomic mass is 31.2. The van der Waals surface area contributed by atoms with Gasteiger partial charge in [-0.25, -0.2) is 0 Å². The van der Waals surface area contributed by atoms with Crippen LogP contribution < -0.4 is 5.32 Å². The van der Waals surface area contributed by atoms with E-state index in [1.165, 1.54) is 0 Å². The Morgan fingerprint density at radius 1 is 1.10 bits per heavy atom. The minimum absolute atomic E-state index is 0.160. The van der Waals surface area contributed by atoms with Crippen molar-refractivity contribution in [3.8, 4) is 0 Å². The number of nitrogens with zero attached hydrogens (tertiary/aromatic N) is 1. The van der Waals surface area contributed by atoms with Crippen molar-refractivity contribution in [1.82, 2.24) is 10.5 Å². The van der Waals surface area contributed by atoms with Crippen molar-refractivity contribution in [2.24, 2.45) is 0 Å². The summed E-state index contributed by atoms with van der Waals surface area (Å²) in [6, 6.07) is 0. The lowest BCUT2D eigenvalue weighted by Gasteiger charge is -2.23. The van der Waals surface area contributed by atoms with Crippen molar-refractivity contribution in [2.75, 3.05) is 19.8 Å². The molecule has 120 valence electrons. The topological polar surface area (TPSA) is 166 Å².